The highest BCUT2D eigenvalue weighted by Crippen LogP contribution is 2.28. The van der Waals surface area contributed by atoms with E-state index in [2.05, 4.69) is 0 Å². The van der Waals surface area contributed by atoms with Crippen LogP contribution >= 0.6 is 23.2 Å². The number of hydrogen-bond donors (Lipinski definition) is 0. The molecule has 162 valence electrons. The number of fused-ring (bicyclic) bond motifs is 1. The summed E-state index contributed by atoms with van der Waals surface area (Å²) in [6, 6.07) is 17.9. The number of hydrogen-bond acceptors (Lipinski definition) is 4. The summed E-state index contributed by atoms with van der Waals surface area (Å²) in [5.41, 5.74) is 1.32. The average molecular weight is 469 g/mol. The molecule has 6 nitrogen and oxygen atoms in total. The molecule has 1 heterocycles. The first kappa shape index (κ1) is 21.9. The lowest BCUT2D eigenvalue weighted by molar-refractivity contribution is 0.0650. The number of rotatable bonds is 6. The summed E-state index contributed by atoms with van der Waals surface area (Å²) < 4.78 is 5.47. The minimum absolute atomic E-state index is 0.230. The highest BCUT2D eigenvalue weighted by molar-refractivity contribution is 6.35. The van der Waals surface area contributed by atoms with Crippen LogP contribution in [0.4, 0.5) is 5.69 Å². The van der Waals surface area contributed by atoms with Crippen LogP contribution in [0.2, 0.25) is 10.0 Å². The molecule has 1 aliphatic rings. The number of imide groups is 1. The number of amides is 3. The van der Waals surface area contributed by atoms with Gasteiger partial charge in [-0.05, 0) is 61.5 Å². The lowest BCUT2D eigenvalue weighted by Gasteiger charge is -2.27. The van der Waals surface area contributed by atoms with E-state index in [1.807, 2.05) is 6.92 Å². The molecule has 0 aromatic heterocycles. The van der Waals surface area contributed by atoms with Crippen molar-refractivity contribution in [2.24, 2.45) is 0 Å². The lowest BCUT2D eigenvalue weighted by Crippen LogP contribution is -2.44. The largest absolute Gasteiger partial charge is 0.494 e. The predicted molar refractivity (Wildman–Crippen MR) is 123 cm³/mol. The van der Waals surface area contributed by atoms with E-state index in [1.54, 1.807) is 48.5 Å². The van der Waals surface area contributed by atoms with E-state index in [4.69, 9.17) is 27.9 Å². The van der Waals surface area contributed by atoms with Crippen molar-refractivity contribution < 1.29 is 19.1 Å². The van der Waals surface area contributed by atoms with Gasteiger partial charge in [0.25, 0.3) is 17.7 Å². The van der Waals surface area contributed by atoms with Gasteiger partial charge in [-0.3, -0.25) is 24.2 Å². The molecule has 0 fully saturated rings. The molecule has 0 N–H and O–H groups in total. The van der Waals surface area contributed by atoms with Crippen molar-refractivity contribution in [2.75, 3.05) is 18.2 Å². The third-order valence-corrected chi connectivity index (χ3v) is 5.41. The van der Waals surface area contributed by atoms with Gasteiger partial charge in [-0.1, -0.05) is 35.3 Å². The van der Waals surface area contributed by atoms with Gasteiger partial charge in [-0.15, -0.1) is 0 Å². The molecule has 0 saturated heterocycles. The van der Waals surface area contributed by atoms with Crippen LogP contribution in [-0.2, 0) is 0 Å². The van der Waals surface area contributed by atoms with Gasteiger partial charge in [0.15, 0.2) is 0 Å². The molecule has 0 radical (unpaired) electrons. The van der Waals surface area contributed by atoms with Crippen molar-refractivity contribution in [3.63, 3.8) is 0 Å². The molecule has 4 rings (SSSR count). The van der Waals surface area contributed by atoms with E-state index in [-0.39, 0.29) is 12.2 Å². The van der Waals surface area contributed by atoms with Crippen LogP contribution in [0.15, 0.2) is 66.7 Å². The van der Waals surface area contributed by atoms with Gasteiger partial charge in [-0.2, -0.15) is 0 Å². The van der Waals surface area contributed by atoms with Crippen LogP contribution in [0.25, 0.3) is 0 Å². The summed E-state index contributed by atoms with van der Waals surface area (Å²) in [5.74, 6) is -0.748. The van der Waals surface area contributed by atoms with Crippen LogP contribution in [0, 0.1) is 0 Å². The van der Waals surface area contributed by atoms with E-state index in [0.29, 0.717) is 39.2 Å². The highest BCUT2D eigenvalue weighted by Gasteiger charge is 2.37. The van der Waals surface area contributed by atoms with Crippen molar-refractivity contribution in [2.45, 2.75) is 6.92 Å². The van der Waals surface area contributed by atoms with E-state index < -0.39 is 17.7 Å². The Labute approximate surface area is 194 Å². The number of anilines is 1. The number of halogens is 2. The molecule has 0 aliphatic carbocycles. The Bertz CT molecular complexity index is 1160. The topological polar surface area (TPSA) is 66.9 Å². The Morgan fingerprint density at radius 1 is 0.906 bits per heavy atom. The van der Waals surface area contributed by atoms with Crippen molar-refractivity contribution in [3.05, 3.63) is 93.5 Å². The molecule has 0 bridgehead atoms. The van der Waals surface area contributed by atoms with Gasteiger partial charge >= 0.3 is 0 Å². The minimum atomic E-state index is -0.463. The maximum Gasteiger partial charge on any atom is 0.263 e. The summed E-state index contributed by atoms with van der Waals surface area (Å²) in [4.78, 5) is 41.6. The molecule has 3 aromatic carbocycles. The van der Waals surface area contributed by atoms with Crippen molar-refractivity contribution >= 4 is 46.6 Å². The molecule has 3 amide bonds. The standard InChI is InChI=1S/C24H18Cl2N2O4/c1-2-32-19-9-7-18(8-10-19)27(22(29)15-11-16(25)13-17(26)12-15)14-28-23(30)20-5-3-4-6-21(20)24(28)31/h3-13H,2,14H2,1H3. The number of carbonyl (C=O) groups excluding carboxylic acids is 3. The van der Waals surface area contributed by atoms with Gasteiger partial charge in [0, 0.05) is 21.3 Å². The van der Waals surface area contributed by atoms with Crippen LogP contribution in [0.1, 0.15) is 38.0 Å². The van der Waals surface area contributed by atoms with E-state index in [1.165, 1.54) is 23.1 Å². The molecule has 0 saturated carbocycles. The first-order valence-electron chi connectivity index (χ1n) is 9.85. The molecule has 8 heteroatoms. The van der Waals surface area contributed by atoms with Crippen molar-refractivity contribution in [1.29, 1.82) is 0 Å². The fraction of sp³-hybridized carbons (Fsp3) is 0.125. The second-order valence-electron chi connectivity index (χ2n) is 7.04. The first-order chi connectivity index (χ1) is 15.4. The van der Waals surface area contributed by atoms with E-state index >= 15 is 0 Å². The quantitative estimate of drug-likeness (QED) is 0.460. The molecule has 0 atom stereocenters. The summed E-state index contributed by atoms with van der Waals surface area (Å²) in [6.45, 7) is 2.09. The fourth-order valence-corrected chi connectivity index (χ4v) is 4.02. The molecule has 0 spiro atoms. The number of carbonyl (C=O) groups is 3. The number of benzene rings is 3. The summed E-state index contributed by atoms with van der Waals surface area (Å²) in [6.07, 6.45) is 0. The average Bonchev–Trinajstić information content (AvgIpc) is 3.02. The molecule has 1 aliphatic heterocycles. The van der Waals surface area contributed by atoms with Gasteiger partial charge in [0.2, 0.25) is 0 Å². The van der Waals surface area contributed by atoms with Crippen LogP contribution in [0.5, 0.6) is 5.75 Å². The molecular formula is C24H18Cl2N2O4. The zero-order valence-corrected chi connectivity index (χ0v) is 18.6. The van der Waals surface area contributed by atoms with Crippen molar-refractivity contribution in [3.8, 4) is 5.75 Å². The Hall–Kier alpha value is -3.35. The second-order valence-corrected chi connectivity index (χ2v) is 7.92. The lowest BCUT2D eigenvalue weighted by atomic mass is 10.1. The Morgan fingerprint density at radius 2 is 1.47 bits per heavy atom. The minimum Gasteiger partial charge on any atom is -0.494 e. The zero-order chi connectivity index (χ0) is 22.8. The van der Waals surface area contributed by atoms with E-state index in [9.17, 15) is 14.4 Å². The normalized spacial score (nSPS) is 12.7. The smallest absolute Gasteiger partial charge is 0.263 e. The van der Waals surface area contributed by atoms with Crippen LogP contribution in [-0.4, -0.2) is 35.9 Å². The fourth-order valence-electron chi connectivity index (χ4n) is 3.49. The maximum atomic E-state index is 13.5. The summed E-state index contributed by atoms with van der Waals surface area (Å²) >= 11 is 12.2. The Balaban J connectivity index is 1.72. The van der Waals surface area contributed by atoms with Crippen LogP contribution < -0.4 is 9.64 Å². The number of ether oxygens (including phenoxy) is 1. The van der Waals surface area contributed by atoms with E-state index in [0.717, 1.165) is 4.90 Å². The zero-order valence-electron chi connectivity index (χ0n) is 17.0. The molecule has 32 heavy (non-hydrogen) atoms. The van der Waals surface area contributed by atoms with Gasteiger partial charge < -0.3 is 4.74 Å². The van der Waals surface area contributed by atoms with Gasteiger partial charge in [0.1, 0.15) is 12.4 Å². The molecule has 0 unspecified atom stereocenters. The predicted octanol–water partition coefficient (Wildman–Crippen LogP) is 5.29. The third kappa shape index (κ3) is 4.20. The summed E-state index contributed by atoms with van der Waals surface area (Å²) in [5, 5.41) is 0.599. The summed E-state index contributed by atoms with van der Waals surface area (Å²) in [7, 11) is 0. The SMILES string of the molecule is CCOc1ccc(N(CN2C(=O)c3ccccc3C2=O)C(=O)c2cc(Cl)cc(Cl)c2)cc1. The van der Waals surface area contributed by atoms with Gasteiger partial charge in [0.05, 0.1) is 17.7 Å². The second kappa shape index (κ2) is 9.02. The first-order valence-corrected chi connectivity index (χ1v) is 10.6. The molecular weight excluding hydrogens is 451 g/mol. The van der Waals surface area contributed by atoms with Gasteiger partial charge in [-0.25, -0.2) is 0 Å². The maximum absolute atomic E-state index is 13.5. The monoisotopic (exact) mass is 468 g/mol. The highest BCUT2D eigenvalue weighted by atomic mass is 35.5. The Kier molecular flexibility index (Phi) is 6.17. The third-order valence-electron chi connectivity index (χ3n) is 4.98. The molecule has 3 aromatic rings. The van der Waals surface area contributed by atoms with Crippen LogP contribution in [0.3, 0.4) is 0 Å². The number of nitrogens with zero attached hydrogens (tertiary/aromatic N) is 2. The Morgan fingerprint density at radius 3 is 2.00 bits per heavy atom. The van der Waals surface area contributed by atoms with Crippen molar-refractivity contribution in [1.82, 2.24) is 4.90 Å².